The number of carboxylic acids is 1. The molecule has 0 aliphatic carbocycles. The summed E-state index contributed by atoms with van der Waals surface area (Å²) in [6.07, 6.45) is 3.46. The van der Waals surface area contributed by atoms with Crippen LogP contribution in [0.15, 0.2) is 17.5 Å². The largest absolute Gasteiger partial charge is 0.480 e. The van der Waals surface area contributed by atoms with Crippen LogP contribution in [0, 0.1) is 0 Å². The molecule has 0 fully saturated rings. The lowest BCUT2D eigenvalue weighted by molar-refractivity contribution is -0.142. The van der Waals surface area contributed by atoms with Crippen molar-refractivity contribution in [1.29, 1.82) is 0 Å². The molecular formula is C15H26N8O4S. The van der Waals surface area contributed by atoms with E-state index < -0.39 is 35.9 Å². The van der Waals surface area contributed by atoms with Crippen LogP contribution in [-0.4, -0.2) is 69.2 Å². The molecule has 10 N–H and O–H groups in total. The molecule has 0 bridgehead atoms. The molecule has 0 aliphatic heterocycles. The first-order chi connectivity index (χ1) is 13.2. The van der Waals surface area contributed by atoms with E-state index in [0.29, 0.717) is 12.1 Å². The lowest BCUT2D eigenvalue weighted by Gasteiger charge is -2.22. The van der Waals surface area contributed by atoms with Crippen molar-refractivity contribution in [2.24, 2.45) is 22.2 Å². The molecule has 1 aromatic rings. The Hall–Kier alpha value is -2.80. The predicted octanol–water partition coefficient (Wildman–Crippen LogP) is -2.68. The molecular weight excluding hydrogens is 388 g/mol. The fourth-order valence-corrected chi connectivity index (χ4v) is 2.39. The maximum Gasteiger partial charge on any atom is 0.326 e. The summed E-state index contributed by atoms with van der Waals surface area (Å²) in [5.74, 6) is -2.46. The lowest BCUT2D eigenvalue weighted by atomic mass is 10.1. The molecule has 156 valence electrons. The smallest absolute Gasteiger partial charge is 0.326 e. The summed E-state index contributed by atoms with van der Waals surface area (Å²) >= 11 is 3.95. The minimum Gasteiger partial charge on any atom is -0.480 e. The Kier molecular flexibility index (Phi) is 9.81. The topological polar surface area (TPSA) is 215 Å². The van der Waals surface area contributed by atoms with E-state index in [-0.39, 0.29) is 31.1 Å². The summed E-state index contributed by atoms with van der Waals surface area (Å²) < 4.78 is 0. The van der Waals surface area contributed by atoms with Crippen molar-refractivity contribution < 1.29 is 19.5 Å². The number of hydrogen-bond donors (Lipinski definition) is 8. The van der Waals surface area contributed by atoms with Crippen molar-refractivity contribution in [2.45, 2.75) is 37.4 Å². The van der Waals surface area contributed by atoms with Gasteiger partial charge in [-0.1, -0.05) is 0 Å². The number of amides is 2. The van der Waals surface area contributed by atoms with Gasteiger partial charge in [0, 0.05) is 30.6 Å². The van der Waals surface area contributed by atoms with Gasteiger partial charge >= 0.3 is 5.97 Å². The molecule has 28 heavy (non-hydrogen) atoms. The summed E-state index contributed by atoms with van der Waals surface area (Å²) in [6.45, 7) is 0.229. The van der Waals surface area contributed by atoms with Crippen LogP contribution in [0.25, 0.3) is 0 Å². The van der Waals surface area contributed by atoms with E-state index in [9.17, 15) is 19.5 Å². The molecule has 1 heterocycles. The second-order valence-electron chi connectivity index (χ2n) is 5.98. The van der Waals surface area contributed by atoms with Crippen LogP contribution in [0.1, 0.15) is 18.5 Å². The van der Waals surface area contributed by atoms with E-state index in [2.05, 4.69) is 38.2 Å². The maximum absolute atomic E-state index is 12.6. The molecule has 13 heteroatoms. The number of thiol groups is 1. The van der Waals surface area contributed by atoms with Crippen LogP contribution in [0.5, 0.6) is 0 Å². The summed E-state index contributed by atoms with van der Waals surface area (Å²) in [5, 5.41) is 14.3. The minimum absolute atomic E-state index is 0.0806. The van der Waals surface area contributed by atoms with Crippen molar-refractivity contribution in [2.75, 3.05) is 12.3 Å². The Balaban J connectivity index is 2.79. The Morgan fingerprint density at radius 3 is 2.46 bits per heavy atom. The van der Waals surface area contributed by atoms with Crippen molar-refractivity contribution in [3.05, 3.63) is 18.2 Å². The number of nitrogens with one attached hydrogen (secondary N) is 3. The summed E-state index contributed by atoms with van der Waals surface area (Å²) in [7, 11) is 0. The molecule has 0 unspecified atom stereocenters. The first-order valence-electron chi connectivity index (χ1n) is 8.47. The van der Waals surface area contributed by atoms with Gasteiger partial charge in [0.2, 0.25) is 11.8 Å². The van der Waals surface area contributed by atoms with Crippen molar-refractivity contribution in [1.82, 2.24) is 20.6 Å². The van der Waals surface area contributed by atoms with E-state index in [1.54, 1.807) is 0 Å². The van der Waals surface area contributed by atoms with Crippen molar-refractivity contribution >= 4 is 36.4 Å². The fraction of sp³-hybridized carbons (Fsp3) is 0.533. The molecule has 3 atom stereocenters. The average molecular weight is 414 g/mol. The molecule has 1 rings (SSSR count). The number of carbonyl (C=O) groups excluding carboxylic acids is 2. The van der Waals surface area contributed by atoms with Gasteiger partial charge in [-0.05, 0) is 12.8 Å². The zero-order valence-electron chi connectivity index (χ0n) is 15.2. The molecule has 0 saturated carbocycles. The third kappa shape index (κ3) is 8.26. The van der Waals surface area contributed by atoms with Gasteiger partial charge in [0.05, 0.1) is 12.4 Å². The molecule has 0 aliphatic rings. The predicted molar refractivity (Wildman–Crippen MR) is 106 cm³/mol. The van der Waals surface area contributed by atoms with E-state index in [1.165, 1.54) is 12.5 Å². The van der Waals surface area contributed by atoms with Gasteiger partial charge in [-0.25, -0.2) is 9.78 Å². The van der Waals surface area contributed by atoms with Gasteiger partial charge in [-0.15, -0.1) is 0 Å². The van der Waals surface area contributed by atoms with E-state index in [1.807, 2.05) is 0 Å². The highest BCUT2D eigenvalue weighted by atomic mass is 32.1. The SMILES string of the molecule is NC(N)=NCCC[C@H](NC(=O)[C@H](Cc1cnc[nH]1)NC(=O)[C@@H](N)CS)C(=O)O. The number of carboxylic acid groups (broad SMARTS) is 1. The monoisotopic (exact) mass is 414 g/mol. The van der Waals surface area contributed by atoms with Crippen LogP contribution in [0.4, 0.5) is 0 Å². The first kappa shape index (κ1) is 23.2. The standard InChI is InChI=1S/C15H26N8O4S/c16-9(6-28)12(24)23-11(4-8-5-19-7-21-8)13(25)22-10(14(26)27)2-1-3-20-15(17)18/h5,7,9-11,28H,1-4,6,16H2,(H,19,21)(H,22,25)(H,23,24)(H,26,27)(H4,17,18,20)/t9-,10-,11-/m0/s1. The van der Waals surface area contributed by atoms with Gasteiger partial charge < -0.3 is 37.9 Å². The number of hydrogen-bond acceptors (Lipinski definition) is 7. The molecule has 0 aromatic carbocycles. The number of nitrogens with zero attached hydrogens (tertiary/aromatic N) is 2. The summed E-state index contributed by atoms with van der Waals surface area (Å²) in [6, 6.07) is -3.12. The summed E-state index contributed by atoms with van der Waals surface area (Å²) in [5.41, 5.74) is 16.6. The van der Waals surface area contributed by atoms with E-state index in [0.717, 1.165) is 0 Å². The number of aliphatic imine (C=N–C) groups is 1. The van der Waals surface area contributed by atoms with Gasteiger partial charge in [-0.2, -0.15) is 12.6 Å². The maximum atomic E-state index is 12.6. The first-order valence-corrected chi connectivity index (χ1v) is 9.10. The minimum atomic E-state index is -1.21. The number of aromatic amines is 1. The van der Waals surface area contributed by atoms with Gasteiger partial charge in [0.25, 0.3) is 0 Å². The zero-order chi connectivity index (χ0) is 21.1. The second kappa shape index (κ2) is 11.8. The number of aliphatic carboxylic acids is 1. The number of imidazole rings is 1. The number of rotatable bonds is 12. The number of nitrogens with two attached hydrogens (primary N) is 3. The van der Waals surface area contributed by atoms with E-state index in [4.69, 9.17) is 17.2 Å². The number of H-pyrrole nitrogens is 1. The zero-order valence-corrected chi connectivity index (χ0v) is 16.1. The number of carbonyl (C=O) groups is 3. The highest BCUT2D eigenvalue weighted by Gasteiger charge is 2.28. The fourth-order valence-electron chi connectivity index (χ4n) is 2.22. The molecule has 2 amide bonds. The summed E-state index contributed by atoms with van der Waals surface area (Å²) in [4.78, 5) is 46.6. The van der Waals surface area contributed by atoms with Gasteiger partial charge in [0.15, 0.2) is 5.96 Å². The molecule has 0 spiro atoms. The third-order valence-electron chi connectivity index (χ3n) is 3.71. The Bertz CT molecular complexity index is 678. The molecule has 0 saturated heterocycles. The Morgan fingerprint density at radius 2 is 1.93 bits per heavy atom. The quantitative estimate of drug-likeness (QED) is 0.0778. The second-order valence-corrected chi connectivity index (χ2v) is 6.34. The molecule has 0 radical (unpaired) electrons. The lowest BCUT2D eigenvalue weighted by Crippen LogP contribution is -2.55. The normalized spacial score (nSPS) is 13.8. The van der Waals surface area contributed by atoms with Crippen molar-refractivity contribution in [3.8, 4) is 0 Å². The van der Waals surface area contributed by atoms with Crippen LogP contribution in [-0.2, 0) is 20.8 Å². The van der Waals surface area contributed by atoms with Gasteiger partial charge in [0.1, 0.15) is 12.1 Å². The highest BCUT2D eigenvalue weighted by Crippen LogP contribution is 2.04. The van der Waals surface area contributed by atoms with Crippen LogP contribution in [0.2, 0.25) is 0 Å². The number of guanidine groups is 1. The third-order valence-corrected chi connectivity index (χ3v) is 4.10. The van der Waals surface area contributed by atoms with Crippen LogP contribution in [0.3, 0.4) is 0 Å². The highest BCUT2D eigenvalue weighted by molar-refractivity contribution is 7.80. The Labute approximate surface area is 167 Å². The molecule has 12 nitrogen and oxygen atoms in total. The van der Waals surface area contributed by atoms with Crippen LogP contribution >= 0.6 is 12.6 Å². The van der Waals surface area contributed by atoms with Crippen LogP contribution < -0.4 is 27.8 Å². The van der Waals surface area contributed by atoms with E-state index >= 15 is 0 Å². The Morgan fingerprint density at radius 1 is 1.25 bits per heavy atom. The van der Waals surface area contributed by atoms with Crippen molar-refractivity contribution in [3.63, 3.8) is 0 Å². The average Bonchev–Trinajstić information content (AvgIpc) is 3.15. The number of aromatic nitrogens is 2. The van der Waals surface area contributed by atoms with Gasteiger partial charge in [-0.3, -0.25) is 14.6 Å². The molecule has 1 aromatic heterocycles.